The molecule has 0 aliphatic rings. The van der Waals surface area contributed by atoms with Gasteiger partial charge in [0.25, 0.3) is 5.91 Å². The van der Waals surface area contributed by atoms with E-state index in [1.165, 1.54) is 0 Å². The second-order valence-electron chi connectivity index (χ2n) is 5.66. The second-order valence-corrected chi connectivity index (χ2v) is 5.66. The number of rotatable bonds is 2. The molecule has 1 amide bonds. The monoisotopic (exact) mass is 317 g/mol. The highest BCUT2D eigenvalue weighted by atomic mass is 16.1. The molecule has 4 rings (SSSR count). The first-order valence-corrected chi connectivity index (χ1v) is 7.60. The van der Waals surface area contributed by atoms with Gasteiger partial charge in [-0.25, -0.2) is 9.97 Å². The number of para-hydroxylation sites is 2. The summed E-state index contributed by atoms with van der Waals surface area (Å²) in [6.07, 6.45) is 3.45. The molecule has 1 N–H and O–H groups in total. The fourth-order valence-electron chi connectivity index (χ4n) is 2.58. The predicted molar refractivity (Wildman–Crippen MR) is 92.2 cm³/mol. The average Bonchev–Trinajstić information content (AvgIpc) is 2.96. The number of aryl methyl sites for hydroxylation is 2. The van der Waals surface area contributed by atoms with Crippen molar-refractivity contribution in [2.75, 3.05) is 5.32 Å². The van der Waals surface area contributed by atoms with Gasteiger partial charge in [0.1, 0.15) is 5.69 Å². The lowest BCUT2D eigenvalue weighted by molar-refractivity contribution is 0.102. The molecule has 3 heterocycles. The number of benzene rings is 1. The Labute approximate surface area is 138 Å². The smallest absolute Gasteiger partial charge is 0.274 e. The van der Waals surface area contributed by atoms with Crippen LogP contribution in [-0.4, -0.2) is 25.3 Å². The number of fused-ring (bicyclic) bond motifs is 3. The zero-order chi connectivity index (χ0) is 16.7. The number of hydrogen-bond donors (Lipinski definition) is 1. The van der Waals surface area contributed by atoms with Crippen LogP contribution in [0.3, 0.4) is 0 Å². The summed E-state index contributed by atoms with van der Waals surface area (Å²) < 4.78 is 1.86. The Balaban J connectivity index is 1.69. The zero-order valence-corrected chi connectivity index (χ0v) is 13.3. The summed E-state index contributed by atoms with van der Waals surface area (Å²) in [5, 5.41) is 2.82. The maximum atomic E-state index is 12.4. The minimum atomic E-state index is -0.283. The lowest BCUT2D eigenvalue weighted by atomic mass is 10.2. The molecule has 24 heavy (non-hydrogen) atoms. The number of pyridine rings is 1. The summed E-state index contributed by atoms with van der Waals surface area (Å²) in [5.41, 5.74) is 4.74. The molecule has 0 radical (unpaired) electrons. The van der Waals surface area contributed by atoms with Crippen LogP contribution >= 0.6 is 0 Å². The summed E-state index contributed by atoms with van der Waals surface area (Å²) in [6, 6.07) is 11.3. The number of amides is 1. The third-order valence-electron chi connectivity index (χ3n) is 4.01. The quantitative estimate of drug-likeness (QED) is 0.616. The first-order valence-electron chi connectivity index (χ1n) is 7.60. The molecular weight excluding hydrogens is 302 g/mol. The van der Waals surface area contributed by atoms with Crippen LogP contribution in [0, 0.1) is 13.8 Å². The third kappa shape index (κ3) is 2.38. The third-order valence-corrected chi connectivity index (χ3v) is 4.01. The Kier molecular flexibility index (Phi) is 3.23. The molecule has 0 saturated heterocycles. The largest absolute Gasteiger partial charge is 0.319 e. The molecule has 0 saturated carbocycles. The number of anilines is 1. The normalized spacial score (nSPS) is 11.1. The van der Waals surface area contributed by atoms with E-state index >= 15 is 0 Å². The Morgan fingerprint density at radius 3 is 2.79 bits per heavy atom. The summed E-state index contributed by atoms with van der Waals surface area (Å²) in [7, 11) is 0. The van der Waals surface area contributed by atoms with Gasteiger partial charge in [-0.1, -0.05) is 12.1 Å². The molecular formula is C18H15N5O. The highest BCUT2D eigenvalue weighted by molar-refractivity contribution is 6.03. The first kappa shape index (κ1) is 14.3. The first-order chi connectivity index (χ1) is 11.6. The fourth-order valence-corrected chi connectivity index (χ4v) is 2.58. The SMILES string of the molecule is Cc1cc(NC(=O)c2ccn3c(n2)nc2ccccc23)cnc1C. The molecule has 0 spiro atoms. The molecule has 0 atom stereocenters. The lowest BCUT2D eigenvalue weighted by Gasteiger charge is -2.06. The Morgan fingerprint density at radius 1 is 1.12 bits per heavy atom. The summed E-state index contributed by atoms with van der Waals surface area (Å²) >= 11 is 0. The van der Waals surface area contributed by atoms with Crippen LogP contribution in [0.2, 0.25) is 0 Å². The number of carbonyl (C=O) groups is 1. The molecule has 0 aliphatic carbocycles. The van der Waals surface area contributed by atoms with Crippen LogP contribution in [0.15, 0.2) is 48.8 Å². The standard InChI is InChI=1S/C18H15N5O/c1-11-9-13(10-19-12(11)2)20-17(24)15-7-8-23-16-6-4-3-5-14(16)21-18(23)22-15/h3-10H,1-2H3,(H,20,24). The molecule has 0 fully saturated rings. The van der Waals surface area contributed by atoms with E-state index in [1.54, 1.807) is 12.3 Å². The number of carbonyl (C=O) groups excluding carboxylic acids is 1. The van der Waals surface area contributed by atoms with Gasteiger partial charge in [-0.05, 0) is 43.7 Å². The Hall–Kier alpha value is -3.28. The van der Waals surface area contributed by atoms with Crippen molar-refractivity contribution < 1.29 is 4.79 Å². The van der Waals surface area contributed by atoms with Crippen molar-refractivity contribution in [1.29, 1.82) is 0 Å². The van der Waals surface area contributed by atoms with E-state index in [2.05, 4.69) is 20.3 Å². The van der Waals surface area contributed by atoms with E-state index in [1.807, 2.05) is 54.8 Å². The van der Waals surface area contributed by atoms with Gasteiger partial charge < -0.3 is 5.32 Å². The topological polar surface area (TPSA) is 72.2 Å². The van der Waals surface area contributed by atoms with Crippen LogP contribution in [-0.2, 0) is 0 Å². The number of imidazole rings is 1. The number of aromatic nitrogens is 4. The van der Waals surface area contributed by atoms with Gasteiger partial charge in [0.05, 0.1) is 22.9 Å². The minimum absolute atomic E-state index is 0.283. The van der Waals surface area contributed by atoms with Crippen molar-refractivity contribution in [2.45, 2.75) is 13.8 Å². The maximum absolute atomic E-state index is 12.4. The molecule has 6 heteroatoms. The van der Waals surface area contributed by atoms with Crippen molar-refractivity contribution in [2.24, 2.45) is 0 Å². The zero-order valence-electron chi connectivity index (χ0n) is 13.3. The van der Waals surface area contributed by atoms with Crippen molar-refractivity contribution in [1.82, 2.24) is 19.4 Å². The summed E-state index contributed by atoms with van der Waals surface area (Å²) in [6.45, 7) is 3.89. The van der Waals surface area contributed by atoms with Crippen molar-refractivity contribution >= 4 is 28.4 Å². The van der Waals surface area contributed by atoms with E-state index in [4.69, 9.17) is 0 Å². The van der Waals surface area contributed by atoms with Gasteiger partial charge in [0, 0.05) is 11.9 Å². The van der Waals surface area contributed by atoms with Gasteiger partial charge >= 0.3 is 0 Å². The van der Waals surface area contributed by atoms with Gasteiger partial charge in [-0.15, -0.1) is 0 Å². The van der Waals surface area contributed by atoms with E-state index in [9.17, 15) is 4.79 Å². The molecule has 1 aromatic carbocycles. The van der Waals surface area contributed by atoms with Crippen LogP contribution < -0.4 is 5.32 Å². The van der Waals surface area contributed by atoms with E-state index < -0.39 is 0 Å². The van der Waals surface area contributed by atoms with E-state index in [0.717, 1.165) is 22.3 Å². The van der Waals surface area contributed by atoms with Crippen molar-refractivity contribution in [3.8, 4) is 0 Å². The van der Waals surface area contributed by atoms with Gasteiger partial charge in [-0.2, -0.15) is 0 Å². The molecule has 3 aromatic heterocycles. The molecule has 4 aromatic rings. The molecule has 0 aliphatic heterocycles. The molecule has 6 nitrogen and oxygen atoms in total. The Morgan fingerprint density at radius 2 is 1.96 bits per heavy atom. The summed E-state index contributed by atoms with van der Waals surface area (Å²) in [5.74, 6) is 0.219. The fraction of sp³-hybridized carbons (Fsp3) is 0.111. The van der Waals surface area contributed by atoms with Crippen LogP contribution in [0.1, 0.15) is 21.7 Å². The van der Waals surface area contributed by atoms with Crippen molar-refractivity contribution in [3.05, 3.63) is 65.7 Å². The highest BCUT2D eigenvalue weighted by Gasteiger charge is 2.12. The number of hydrogen-bond acceptors (Lipinski definition) is 4. The molecule has 0 unspecified atom stereocenters. The van der Waals surface area contributed by atoms with Crippen LogP contribution in [0.4, 0.5) is 5.69 Å². The number of nitrogens with one attached hydrogen (secondary N) is 1. The van der Waals surface area contributed by atoms with Gasteiger partial charge in [0.2, 0.25) is 5.78 Å². The van der Waals surface area contributed by atoms with E-state index in [-0.39, 0.29) is 5.91 Å². The van der Waals surface area contributed by atoms with E-state index in [0.29, 0.717) is 17.2 Å². The molecule has 0 bridgehead atoms. The van der Waals surface area contributed by atoms with Gasteiger partial charge in [-0.3, -0.25) is 14.2 Å². The van der Waals surface area contributed by atoms with Crippen LogP contribution in [0.5, 0.6) is 0 Å². The van der Waals surface area contributed by atoms with Gasteiger partial charge in [0.15, 0.2) is 0 Å². The average molecular weight is 317 g/mol. The second kappa shape index (κ2) is 5.42. The number of nitrogens with zero attached hydrogens (tertiary/aromatic N) is 4. The highest BCUT2D eigenvalue weighted by Crippen LogP contribution is 2.16. The van der Waals surface area contributed by atoms with Crippen molar-refractivity contribution in [3.63, 3.8) is 0 Å². The summed E-state index contributed by atoms with van der Waals surface area (Å²) in [4.78, 5) is 25.5. The lowest BCUT2D eigenvalue weighted by Crippen LogP contribution is -2.14. The minimum Gasteiger partial charge on any atom is -0.319 e. The van der Waals surface area contributed by atoms with Crippen LogP contribution in [0.25, 0.3) is 16.8 Å². The predicted octanol–water partition coefficient (Wildman–Crippen LogP) is 3.15. The Bertz CT molecular complexity index is 1080. The molecule has 118 valence electrons. The maximum Gasteiger partial charge on any atom is 0.274 e.